The molecule has 30 heavy (non-hydrogen) atoms. The smallest absolute Gasteiger partial charge is 0.234 e. The largest absolute Gasteiger partial charge is 0.325 e. The molecule has 4 aromatic rings. The monoisotopic (exact) mass is 441 g/mol. The van der Waals surface area contributed by atoms with Crippen molar-refractivity contribution in [2.24, 2.45) is 5.92 Å². The number of carbonyl (C=O) groups is 1. The first-order valence-corrected chi connectivity index (χ1v) is 11.6. The van der Waals surface area contributed by atoms with Crippen molar-refractivity contribution in [2.45, 2.75) is 38.3 Å². The Labute approximate surface area is 180 Å². The highest BCUT2D eigenvalue weighted by Crippen LogP contribution is 2.39. The molecule has 1 unspecified atom stereocenters. The first-order chi connectivity index (χ1) is 14.5. The number of carbonyl (C=O) groups excluding carboxylic acids is 1. The fourth-order valence-corrected chi connectivity index (χ4v) is 6.12. The molecule has 1 aliphatic carbocycles. The van der Waals surface area contributed by atoms with Gasteiger partial charge in [-0.1, -0.05) is 18.7 Å². The summed E-state index contributed by atoms with van der Waals surface area (Å²) in [5, 5.41) is 13.3. The van der Waals surface area contributed by atoms with Crippen molar-refractivity contribution >= 4 is 50.6 Å². The SMILES string of the molecule is Cc1nc2sc3c(c2c2nnc(SCC(=O)Nc4ccc(F)cc4)n12)CCC(C)C3. The van der Waals surface area contributed by atoms with Gasteiger partial charge in [-0.25, -0.2) is 9.37 Å². The minimum Gasteiger partial charge on any atom is -0.325 e. The fraction of sp³-hybridized carbons (Fsp3) is 0.333. The van der Waals surface area contributed by atoms with Gasteiger partial charge in [-0.3, -0.25) is 9.20 Å². The van der Waals surface area contributed by atoms with Crippen LogP contribution in [0.5, 0.6) is 0 Å². The predicted molar refractivity (Wildman–Crippen MR) is 118 cm³/mol. The number of nitrogens with one attached hydrogen (secondary N) is 1. The molecule has 1 atom stereocenters. The summed E-state index contributed by atoms with van der Waals surface area (Å²) < 4.78 is 15.0. The third kappa shape index (κ3) is 3.45. The number of benzene rings is 1. The Morgan fingerprint density at radius 2 is 2.13 bits per heavy atom. The van der Waals surface area contributed by atoms with Crippen molar-refractivity contribution < 1.29 is 9.18 Å². The second kappa shape index (κ2) is 7.63. The zero-order valence-electron chi connectivity index (χ0n) is 16.6. The lowest BCUT2D eigenvalue weighted by atomic mass is 9.89. The molecule has 6 nitrogen and oxygen atoms in total. The van der Waals surface area contributed by atoms with Gasteiger partial charge in [-0.05, 0) is 61.9 Å². The number of fused-ring (bicyclic) bond motifs is 5. The zero-order valence-corrected chi connectivity index (χ0v) is 18.2. The van der Waals surface area contributed by atoms with Crippen molar-refractivity contribution in [3.05, 3.63) is 46.3 Å². The second-order valence-corrected chi connectivity index (χ2v) is 9.70. The van der Waals surface area contributed by atoms with Crippen LogP contribution >= 0.6 is 23.1 Å². The van der Waals surface area contributed by atoms with Gasteiger partial charge >= 0.3 is 0 Å². The van der Waals surface area contributed by atoms with Crippen LogP contribution in [0.2, 0.25) is 0 Å². The summed E-state index contributed by atoms with van der Waals surface area (Å²) in [7, 11) is 0. The van der Waals surface area contributed by atoms with Gasteiger partial charge in [0.2, 0.25) is 5.91 Å². The third-order valence-electron chi connectivity index (χ3n) is 5.40. The lowest BCUT2D eigenvalue weighted by molar-refractivity contribution is -0.113. The number of nitrogens with zero attached hydrogens (tertiary/aromatic N) is 4. The number of rotatable bonds is 4. The number of halogens is 1. The number of hydrogen-bond acceptors (Lipinski definition) is 6. The van der Waals surface area contributed by atoms with E-state index in [4.69, 9.17) is 4.98 Å². The van der Waals surface area contributed by atoms with E-state index in [1.807, 2.05) is 11.3 Å². The molecule has 1 aliphatic rings. The van der Waals surface area contributed by atoms with Gasteiger partial charge in [0.15, 0.2) is 10.8 Å². The van der Waals surface area contributed by atoms with Crippen LogP contribution in [0, 0.1) is 18.7 Å². The normalized spacial score (nSPS) is 16.2. The second-order valence-electron chi connectivity index (χ2n) is 7.68. The topological polar surface area (TPSA) is 72.2 Å². The lowest BCUT2D eigenvalue weighted by Crippen LogP contribution is -2.14. The van der Waals surface area contributed by atoms with Gasteiger partial charge < -0.3 is 5.32 Å². The first kappa shape index (κ1) is 19.4. The van der Waals surface area contributed by atoms with E-state index in [1.54, 1.807) is 11.3 Å². The highest BCUT2D eigenvalue weighted by molar-refractivity contribution is 7.99. The number of thioether (sulfide) groups is 1. The van der Waals surface area contributed by atoms with E-state index in [0.29, 0.717) is 16.8 Å². The molecule has 154 valence electrons. The van der Waals surface area contributed by atoms with E-state index < -0.39 is 0 Å². The van der Waals surface area contributed by atoms with Crippen LogP contribution in [-0.4, -0.2) is 31.2 Å². The average Bonchev–Trinajstić information content (AvgIpc) is 3.29. The van der Waals surface area contributed by atoms with Gasteiger partial charge in [0.25, 0.3) is 0 Å². The molecular weight excluding hydrogens is 421 g/mol. The molecule has 0 radical (unpaired) electrons. The Bertz CT molecular complexity index is 1260. The van der Waals surface area contributed by atoms with Crippen molar-refractivity contribution in [3.63, 3.8) is 0 Å². The average molecular weight is 442 g/mol. The number of aromatic nitrogens is 4. The van der Waals surface area contributed by atoms with E-state index in [9.17, 15) is 9.18 Å². The summed E-state index contributed by atoms with van der Waals surface area (Å²) in [6.07, 6.45) is 3.32. The van der Waals surface area contributed by atoms with Crippen LogP contribution < -0.4 is 5.32 Å². The van der Waals surface area contributed by atoms with Gasteiger partial charge in [0, 0.05) is 10.6 Å². The number of amides is 1. The van der Waals surface area contributed by atoms with Gasteiger partial charge in [-0.15, -0.1) is 21.5 Å². The van der Waals surface area contributed by atoms with E-state index in [1.165, 1.54) is 52.9 Å². The molecule has 1 N–H and O–H groups in total. The van der Waals surface area contributed by atoms with Crippen LogP contribution in [-0.2, 0) is 17.6 Å². The Morgan fingerprint density at radius 3 is 2.93 bits per heavy atom. The number of thiophene rings is 1. The highest BCUT2D eigenvalue weighted by atomic mass is 32.2. The van der Waals surface area contributed by atoms with Crippen LogP contribution in [0.1, 0.15) is 29.6 Å². The van der Waals surface area contributed by atoms with Crippen LogP contribution in [0.3, 0.4) is 0 Å². The Balaban J connectivity index is 1.42. The van der Waals surface area contributed by atoms with E-state index in [-0.39, 0.29) is 17.5 Å². The van der Waals surface area contributed by atoms with Gasteiger partial charge in [0.1, 0.15) is 16.5 Å². The molecule has 0 aliphatic heterocycles. The summed E-state index contributed by atoms with van der Waals surface area (Å²) in [5.74, 6) is 1.17. The zero-order chi connectivity index (χ0) is 20.8. The minimum absolute atomic E-state index is 0.176. The van der Waals surface area contributed by atoms with Crippen molar-refractivity contribution in [1.82, 2.24) is 19.6 Å². The predicted octanol–water partition coefficient (Wildman–Crippen LogP) is 4.64. The summed E-state index contributed by atoms with van der Waals surface area (Å²) in [5.41, 5.74) is 2.75. The maximum Gasteiger partial charge on any atom is 0.234 e. The lowest BCUT2D eigenvalue weighted by Gasteiger charge is -2.17. The Hall–Kier alpha value is -2.52. The van der Waals surface area contributed by atoms with Crippen LogP contribution in [0.4, 0.5) is 10.1 Å². The molecule has 0 fully saturated rings. The summed E-state index contributed by atoms with van der Waals surface area (Å²) in [4.78, 5) is 19.6. The molecule has 0 saturated heterocycles. The number of aryl methyl sites for hydroxylation is 2. The quantitative estimate of drug-likeness (QED) is 0.467. The standard InChI is InChI=1S/C21H20FN5OS2/c1-11-3-8-15-16(9-11)30-20-18(15)19-25-26-21(27(19)12(2)23-20)29-10-17(28)24-14-6-4-13(22)5-7-14/h4-7,11H,3,8-10H2,1-2H3,(H,24,28). The molecular formula is C21H20FN5OS2. The van der Waals surface area contributed by atoms with Crippen molar-refractivity contribution in [3.8, 4) is 0 Å². The molecule has 0 spiro atoms. The molecule has 1 amide bonds. The number of hydrogen-bond donors (Lipinski definition) is 1. The van der Waals surface area contributed by atoms with Gasteiger partial charge in [-0.2, -0.15) is 0 Å². The maximum atomic E-state index is 13.0. The fourth-order valence-electron chi connectivity index (χ4n) is 3.92. The highest BCUT2D eigenvalue weighted by Gasteiger charge is 2.25. The maximum absolute atomic E-state index is 13.0. The Kier molecular flexibility index (Phi) is 4.94. The molecule has 1 aromatic carbocycles. The molecule has 3 aromatic heterocycles. The van der Waals surface area contributed by atoms with Gasteiger partial charge in [0.05, 0.1) is 11.1 Å². The van der Waals surface area contributed by atoms with Crippen LogP contribution in [0.25, 0.3) is 15.9 Å². The Morgan fingerprint density at radius 1 is 1.33 bits per heavy atom. The van der Waals surface area contributed by atoms with Crippen molar-refractivity contribution in [2.75, 3.05) is 11.1 Å². The van der Waals surface area contributed by atoms with E-state index >= 15 is 0 Å². The molecule has 9 heteroatoms. The molecule has 3 heterocycles. The molecule has 0 bridgehead atoms. The van der Waals surface area contributed by atoms with Crippen LogP contribution in [0.15, 0.2) is 29.4 Å². The third-order valence-corrected chi connectivity index (χ3v) is 7.47. The summed E-state index contributed by atoms with van der Waals surface area (Å²) in [6.45, 7) is 4.24. The first-order valence-electron chi connectivity index (χ1n) is 9.84. The van der Waals surface area contributed by atoms with Crippen molar-refractivity contribution in [1.29, 1.82) is 0 Å². The minimum atomic E-state index is -0.336. The summed E-state index contributed by atoms with van der Waals surface area (Å²) in [6, 6.07) is 5.71. The summed E-state index contributed by atoms with van der Waals surface area (Å²) >= 11 is 3.09. The molecule has 0 saturated carbocycles. The number of anilines is 1. The van der Waals surface area contributed by atoms with E-state index in [2.05, 4.69) is 22.4 Å². The van der Waals surface area contributed by atoms with E-state index in [0.717, 1.165) is 34.5 Å². The molecule has 5 rings (SSSR count).